The van der Waals surface area contributed by atoms with Gasteiger partial charge >= 0.3 is 0 Å². The minimum absolute atomic E-state index is 0.0131. The third-order valence-corrected chi connectivity index (χ3v) is 5.77. The normalized spacial score (nSPS) is 16.9. The van der Waals surface area contributed by atoms with Crippen molar-refractivity contribution in [2.45, 2.75) is 19.0 Å². The monoisotopic (exact) mass is 390 g/mol. The molecule has 0 aliphatic carbocycles. The molecule has 6 heteroatoms. The molecule has 0 radical (unpaired) electrons. The molecule has 0 spiro atoms. The van der Waals surface area contributed by atoms with Gasteiger partial charge in [-0.15, -0.1) is 0 Å². The Morgan fingerprint density at radius 3 is 2.90 bits per heavy atom. The Hall–Kier alpha value is -3.12. The molecule has 0 saturated heterocycles. The van der Waals surface area contributed by atoms with E-state index < -0.39 is 0 Å². The van der Waals surface area contributed by atoms with Crippen molar-refractivity contribution >= 4 is 10.9 Å². The predicted octanol–water partition coefficient (Wildman–Crippen LogP) is 4.20. The summed E-state index contributed by atoms with van der Waals surface area (Å²) < 4.78 is 21.2. The molecule has 5 nitrogen and oxygen atoms in total. The van der Waals surface area contributed by atoms with Crippen LogP contribution in [0.5, 0.6) is 5.75 Å². The maximum Gasteiger partial charge on any atom is 0.165 e. The zero-order valence-electron chi connectivity index (χ0n) is 16.5. The lowest BCUT2D eigenvalue weighted by Crippen LogP contribution is -2.35. The molecule has 0 saturated carbocycles. The van der Waals surface area contributed by atoms with Crippen molar-refractivity contribution in [2.24, 2.45) is 7.05 Å². The first-order chi connectivity index (χ1) is 14.1. The van der Waals surface area contributed by atoms with E-state index in [4.69, 9.17) is 4.74 Å². The zero-order chi connectivity index (χ0) is 20.0. The average Bonchev–Trinajstić information content (AvgIpc) is 3.31. The molecule has 148 valence electrons. The van der Waals surface area contributed by atoms with Gasteiger partial charge in [-0.1, -0.05) is 24.3 Å². The highest BCUT2D eigenvalue weighted by atomic mass is 19.1. The zero-order valence-corrected chi connectivity index (χ0v) is 16.5. The highest BCUT2D eigenvalue weighted by Gasteiger charge is 2.32. The number of fused-ring (bicyclic) bond motifs is 3. The van der Waals surface area contributed by atoms with Crippen molar-refractivity contribution in [3.8, 4) is 5.75 Å². The summed E-state index contributed by atoms with van der Waals surface area (Å²) in [6.07, 6.45) is 4.92. The number of aromatic nitrogens is 3. The molecule has 0 fully saturated rings. The van der Waals surface area contributed by atoms with Crippen molar-refractivity contribution in [1.29, 1.82) is 0 Å². The van der Waals surface area contributed by atoms with Gasteiger partial charge < -0.3 is 9.72 Å². The van der Waals surface area contributed by atoms with Crippen molar-refractivity contribution in [1.82, 2.24) is 19.7 Å². The van der Waals surface area contributed by atoms with E-state index in [9.17, 15) is 4.39 Å². The third-order valence-electron chi connectivity index (χ3n) is 5.77. The van der Waals surface area contributed by atoms with Crippen LogP contribution < -0.4 is 4.74 Å². The molecule has 1 aliphatic heterocycles. The number of nitrogens with one attached hydrogen (secondary N) is 1. The fraction of sp³-hybridized carbons (Fsp3) is 0.261. The van der Waals surface area contributed by atoms with Gasteiger partial charge in [0.25, 0.3) is 0 Å². The summed E-state index contributed by atoms with van der Waals surface area (Å²) >= 11 is 0. The van der Waals surface area contributed by atoms with Crippen LogP contribution in [-0.2, 0) is 20.0 Å². The number of ether oxygens (including phenoxy) is 1. The van der Waals surface area contributed by atoms with Gasteiger partial charge in [0.1, 0.15) is 0 Å². The fourth-order valence-electron chi connectivity index (χ4n) is 4.47. The molecule has 1 N–H and O–H groups in total. The summed E-state index contributed by atoms with van der Waals surface area (Å²) in [7, 11) is 3.43. The maximum atomic E-state index is 14.1. The molecule has 5 rings (SSSR count). The molecular weight excluding hydrogens is 367 g/mol. The Morgan fingerprint density at radius 2 is 2.10 bits per heavy atom. The number of para-hydroxylation sites is 1. The number of aryl methyl sites for hydroxylation is 1. The quantitative estimate of drug-likeness (QED) is 0.568. The number of halogens is 1. The molecule has 4 aromatic rings. The average molecular weight is 390 g/mol. The van der Waals surface area contributed by atoms with Crippen LogP contribution in [0.15, 0.2) is 54.9 Å². The van der Waals surface area contributed by atoms with Gasteiger partial charge in [0.05, 0.1) is 19.3 Å². The van der Waals surface area contributed by atoms with Gasteiger partial charge in [-0.3, -0.25) is 9.58 Å². The lowest BCUT2D eigenvalue weighted by molar-refractivity contribution is 0.201. The number of benzene rings is 2. The molecule has 29 heavy (non-hydrogen) atoms. The molecule has 0 amide bonds. The largest absolute Gasteiger partial charge is 0.494 e. The van der Waals surface area contributed by atoms with E-state index in [1.54, 1.807) is 0 Å². The van der Waals surface area contributed by atoms with Gasteiger partial charge in [0, 0.05) is 48.5 Å². The Balaban J connectivity index is 1.64. The molecule has 1 unspecified atom stereocenters. The summed E-state index contributed by atoms with van der Waals surface area (Å²) in [6.45, 7) is 1.68. The molecule has 2 aromatic carbocycles. The summed E-state index contributed by atoms with van der Waals surface area (Å²) in [5.41, 5.74) is 5.83. The van der Waals surface area contributed by atoms with Crippen LogP contribution >= 0.6 is 0 Å². The Bertz CT molecular complexity index is 1180. The van der Waals surface area contributed by atoms with Crippen LogP contribution in [0.1, 0.15) is 28.4 Å². The van der Waals surface area contributed by atoms with E-state index in [1.165, 1.54) is 29.8 Å². The molecule has 3 heterocycles. The first kappa shape index (κ1) is 17.9. The van der Waals surface area contributed by atoms with E-state index >= 15 is 0 Å². The lowest BCUT2D eigenvalue weighted by atomic mass is 9.92. The molecular formula is C23H23FN4O. The standard InChI is InChI=1S/C23H23FN4O/c1-27-13-15(12-25-27)14-28-10-9-18-17-5-3-4-6-20(17)26-22(18)23(28)16-7-8-19(24)21(11-16)29-2/h3-8,11-13,23,26H,9-10,14H2,1-2H3. The highest BCUT2D eigenvalue weighted by Crippen LogP contribution is 2.40. The van der Waals surface area contributed by atoms with Crippen LogP contribution in [0, 0.1) is 5.82 Å². The number of hydrogen-bond acceptors (Lipinski definition) is 3. The molecule has 2 aromatic heterocycles. The van der Waals surface area contributed by atoms with Crippen LogP contribution in [0.4, 0.5) is 4.39 Å². The summed E-state index contributed by atoms with van der Waals surface area (Å²) in [5, 5.41) is 5.58. The number of nitrogens with zero attached hydrogens (tertiary/aromatic N) is 3. The van der Waals surface area contributed by atoms with Crippen molar-refractivity contribution in [2.75, 3.05) is 13.7 Å². The number of methoxy groups -OCH3 is 1. The summed E-state index contributed by atoms with van der Waals surface area (Å²) in [6, 6.07) is 13.6. The van der Waals surface area contributed by atoms with Gasteiger partial charge in [-0.05, 0) is 35.7 Å². The maximum absolute atomic E-state index is 14.1. The van der Waals surface area contributed by atoms with E-state index in [0.29, 0.717) is 0 Å². The van der Waals surface area contributed by atoms with Crippen molar-refractivity contribution in [3.05, 3.63) is 83.1 Å². The first-order valence-corrected chi connectivity index (χ1v) is 9.78. The van der Waals surface area contributed by atoms with Crippen LogP contribution in [0.25, 0.3) is 10.9 Å². The van der Waals surface area contributed by atoms with Crippen LogP contribution in [-0.4, -0.2) is 33.3 Å². The fourth-order valence-corrected chi connectivity index (χ4v) is 4.47. The van der Waals surface area contributed by atoms with Crippen molar-refractivity contribution in [3.63, 3.8) is 0 Å². The van der Waals surface area contributed by atoms with E-state index in [1.807, 2.05) is 42.3 Å². The second kappa shape index (κ2) is 7.04. The van der Waals surface area contributed by atoms with E-state index in [-0.39, 0.29) is 17.6 Å². The number of hydrogen-bond donors (Lipinski definition) is 1. The number of H-pyrrole nitrogens is 1. The molecule has 1 aliphatic rings. The summed E-state index contributed by atoms with van der Waals surface area (Å²) in [4.78, 5) is 6.06. The van der Waals surface area contributed by atoms with E-state index in [0.717, 1.165) is 36.2 Å². The Morgan fingerprint density at radius 1 is 1.24 bits per heavy atom. The third kappa shape index (κ3) is 3.09. The smallest absolute Gasteiger partial charge is 0.165 e. The van der Waals surface area contributed by atoms with E-state index in [2.05, 4.69) is 33.2 Å². The minimum atomic E-state index is -0.345. The van der Waals surface area contributed by atoms with Gasteiger partial charge in [-0.25, -0.2) is 4.39 Å². The topological polar surface area (TPSA) is 46.1 Å². The number of rotatable bonds is 4. The lowest BCUT2D eigenvalue weighted by Gasteiger charge is -2.36. The Labute approximate surface area is 168 Å². The summed E-state index contributed by atoms with van der Waals surface area (Å²) in [5.74, 6) is -0.0743. The van der Waals surface area contributed by atoms with Crippen LogP contribution in [0.2, 0.25) is 0 Å². The minimum Gasteiger partial charge on any atom is -0.494 e. The van der Waals surface area contributed by atoms with Gasteiger partial charge in [-0.2, -0.15) is 5.10 Å². The van der Waals surface area contributed by atoms with Gasteiger partial charge in [0.15, 0.2) is 11.6 Å². The van der Waals surface area contributed by atoms with Crippen molar-refractivity contribution < 1.29 is 9.13 Å². The second-order valence-corrected chi connectivity index (χ2v) is 7.60. The second-order valence-electron chi connectivity index (χ2n) is 7.60. The van der Waals surface area contributed by atoms with Crippen LogP contribution in [0.3, 0.4) is 0 Å². The highest BCUT2D eigenvalue weighted by molar-refractivity contribution is 5.85. The predicted molar refractivity (Wildman–Crippen MR) is 110 cm³/mol. The molecule has 1 atom stereocenters. The SMILES string of the molecule is COc1cc(C2c3[nH]c4ccccc4c3CCN2Cc2cnn(C)c2)ccc1F. The number of aromatic amines is 1. The van der Waals surface area contributed by atoms with Gasteiger partial charge in [0.2, 0.25) is 0 Å². The Kier molecular flexibility index (Phi) is 4.36. The first-order valence-electron chi connectivity index (χ1n) is 9.78. The molecule has 0 bridgehead atoms.